The van der Waals surface area contributed by atoms with Crippen molar-refractivity contribution in [2.75, 3.05) is 5.75 Å². The fourth-order valence-electron chi connectivity index (χ4n) is 0.573. The lowest BCUT2D eigenvalue weighted by atomic mass is 10.1. The van der Waals surface area contributed by atoms with Gasteiger partial charge in [0.05, 0.1) is 6.42 Å². The molecule has 0 aromatic rings. The summed E-state index contributed by atoms with van der Waals surface area (Å²) < 4.78 is 0. The lowest BCUT2D eigenvalue weighted by Gasteiger charge is -2.19. The molecule has 0 aromatic carbocycles. The number of carbonyl (C=O) groups excluding carboxylic acids is 1. The highest BCUT2D eigenvalue weighted by Crippen LogP contribution is 2.08. The van der Waals surface area contributed by atoms with Crippen molar-refractivity contribution in [2.45, 2.75) is 32.7 Å². The van der Waals surface area contributed by atoms with Crippen LogP contribution in [0.25, 0.3) is 0 Å². The maximum atomic E-state index is 11.1. The summed E-state index contributed by atoms with van der Waals surface area (Å²) in [6.45, 7) is 5.63. The summed E-state index contributed by atoms with van der Waals surface area (Å²) in [5.41, 5.74) is -0.257. The van der Waals surface area contributed by atoms with Crippen LogP contribution in [-0.4, -0.2) is 27.6 Å². The van der Waals surface area contributed by atoms with Crippen molar-refractivity contribution in [1.82, 2.24) is 5.32 Å². The third-order valence-corrected chi connectivity index (χ3v) is 1.80. The molecule has 0 heterocycles. The molecule has 0 aliphatic heterocycles. The Labute approximate surface area is 82.1 Å². The lowest BCUT2D eigenvalue weighted by molar-refractivity contribution is -0.136. The summed E-state index contributed by atoms with van der Waals surface area (Å²) in [7, 11) is 0. The first-order chi connectivity index (χ1) is 5.81. The number of hydrogen-bond donors (Lipinski definition) is 2. The molecular weight excluding hydrogens is 190 g/mol. The van der Waals surface area contributed by atoms with Crippen LogP contribution in [0, 0.1) is 0 Å². The van der Waals surface area contributed by atoms with Crippen LogP contribution in [0.5, 0.6) is 0 Å². The maximum absolute atomic E-state index is 11.1. The smallest absolute Gasteiger partial charge is 0.304 e. The molecule has 13 heavy (non-hydrogen) atoms. The van der Waals surface area contributed by atoms with Crippen LogP contribution in [0.2, 0.25) is 0 Å². The van der Waals surface area contributed by atoms with Crippen molar-refractivity contribution >= 4 is 23.0 Å². The Balaban J connectivity index is 3.59. The fraction of sp³-hybridized carbons (Fsp3) is 0.750. The van der Waals surface area contributed by atoms with Gasteiger partial charge in [0, 0.05) is 11.3 Å². The molecule has 0 rings (SSSR count). The molecule has 0 saturated carbocycles. The molecule has 0 aliphatic rings. The molecule has 0 radical (unpaired) electrons. The van der Waals surface area contributed by atoms with Gasteiger partial charge in [-0.2, -0.15) is 0 Å². The number of carboxylic acid groups (broad SMARTS) is 1. The predicted molar refractivity (Wildman–Crippen MR) is 53.0 cm³/mol. The highest BCUT2D eigenvalue weighted by molar-refractivity contribution is 8.13. The van der Waals surface area contributed by atoms with Crippen molar-refractivity contribution in [1.29, 1.82) is 0 Å². The standard InChI is InChI=1S/C8H15NO3S/c1-8(2,3)9-7(12)13-5-4-6(10)11/h4-5H2,1-3H3,(H,9,12)(H,10,11). The van der Waals surface area contributed by atoms with Gasteiger partial charge >= 0.3 is 5.97 Å². The number of hydrogen-bond acceptors (Lipinski definition) is 3. The molecule has 0 spiro atoms. The third-order valence-electron chi connectivity index (χ3n) is 1.03. The molecule has 76 valence electrons. The van der Waals surface area contributed by atoms with E-state index in [4.69, 9.17) is 5.11 Å². The Morgan fingerprint density at radius 3 is 2.31 bits per heavy atom. The van der Waals surface area contributed by atoms with Crippen molar-refractivity contribution in [3.8, 4) is 0 Å². The molecule has 1 amide bonds. The fourth-order valence-corrected chi connectivity index (χ4v) is 1.41. The minimum Gasteiger partial charge on any atom is -0.481 e. The molecule has 5 heteroatoms. The summed E-state index contributed by atoms with van der Waals surface area (Å²) >= 11 is 1.00. The van der Waals surface area contributed by atoms with Crippen LogP contribution >= 0.6 is 11.8 Å². The zero-order valence-corrected chi connectivity index (χ0v) is 8.90. The van der Waals surface area contributed by atoms with E-state index in [1.165, 1.54) is 0 Å². The second-order valence-electron chi connectivity index (χ2n) is 3.65. The van der Waals surface area contributed by atoms with E-state index in [-0.39, 0.29) is 17.2 Å². The molecule has 4 nitrogen and oxygen atoms in total. The summed E-state index contributed by atoms with van der Waals surface area (Å²) in [5.74, 6) is -0.562. The van der Waals surface area contributed by atoms with E-state index in [1.807, 2.05) is 20.8 Å². The number of rotatable bonds is 3. The number of amides is 1. The molecule has 0 aliphatic carbocycles. The van der Waals surface area contributed by atoms with Gasteiger partial charge in [0.2, 0.25) is 0 Å². The van der Waals surface area contributed by atoms with Crippen LogP contribution in [0.15, 0.2) is 0 Å². The Morgan fingerprint density at radius 2 is 1.92 bits per heavy atom. The second-order valence-corrected chi connectivity index (χ2v) is 4.72. The van der Waals surface area contributed by atoms with Gasteiger partial charge in [-0.3, -0.25) is 9.59 Å². The van der Waals surface area contributed by atoms with E-state index >= 15 is 0 Å². The van der Waals surface area contributed by atoms with Gasteiger partial charge in [0.1, 0.15) is 0 Å². The third kappa shape index (κ3) is 9.20. The molecular formula is C8H15NO3S. The number of carbonyl (C=O) groups is 2. The van der Waals surface area contributed by atoms with E-state index in [1.54, 1.807) is 0 Å². The molecule has 0 unspecified atom stereocenters. The summed E-state index contributed by atoms with van der Waals surface area (Å²) in [5, 5.41) is 10.9. The Bertz CT molecular complexity index is 198. The van der Waals surface area contributed by atoms with Gasteiger partial charge in [-0.25, -0.2) is 0 Å². The maximum Gasteiger partial charge on any atom is 0.304 e. The highest BCUT2D eigenvalue weighted by atomic mass is 32.2. The highest BCUT2D eigenvalue weighted by Gasteiger charge is 2.13. The number of aliphatic carboxylic acids is 1. The minimum atomic E-state index is -0.879. The first-order valence-electron chi connectivity index (χ1n) is 3.98. The molecule has 0 saturated heterocycles. The predicted octanol–water partition coefficient (Wildman–Crippen LogP) is 1.70. The van der Waals surface area contributed by atoms with E-state index in [2.05, 4.69) is 5.32 Å². The van der Waals surface area contributed by atoms with Crippen LogP contribution in [-0.2, 0) is 4.79 Å². The monoisotopic (exact) mass is 205 g/mol. The molecule has 0 atom stereocenters. The van der Waals surface area contributed by atoms with Crippen molar-refractivity contribution in [2.24, 2.45) is 0 Å². The molecule has 0 aromatic heterocycles. The average Bonchev–Trinajstić information content (AvgIpc) is 1.81. The van der Waals surface area contributed by atoms with Crippen molar-refractivity contribution in [3.05, 3.63) is 0 Å². The Kier molecular flexibility index (Phi) is 4.83. The first-order valence-corrected chi connectivity index (χ1v) is 4.96. The zero-order chi connectivity index (χ0) is 10.5. The second kappa shape index (κ2) is 5.11. The SMILES string of the molecule is CC(C)(C)NC(=O)SCCC(=O)O. The van der Waals surface area contributed by atoms with Gasteiger partial charge in [0.15, 0.2) is 0 Å². The summed E-state index contributed by atoms with van der Waals surface area (Å²) in [6.07, 6.45) is 0.0161. The quantitative estimate of drug-likeness (QED) is 0.736. The number of carboxylic acids is 1. The van der Waals surface area contributed by atoms with Gasteiger partial charge in [-0.1, -0.05) is 11.8 Å². The van der Waals surface area contributed by atoms with Gasteiger partial charge in [0.25, 0.3) is 5.24 Å². The first kappa shape index (κ1) is 12.3. The van der Waals surface area contributed by atoms with Crippen LogP contribution < -0.4 is 5.32 Å². The van der Waals surface area contributed by atoms with Crippen LogP contribution in [0.3, 0.4) is 0 Å². The molecule has 0 fully saturated rings. The van der Waals surface area contributed by atoms with Gasteiger partial charge < -0.3 is 10.4 Å². The normalized spacial score (nSPS) is 11.0. The van der Waals surface area contributed by atoms with Crippen molar-refractivity contribution < 1.29 is 14.7 Å². The van der Waals surface area contributed by atoms with E-state index < -0.39 is 5.97 Å². The Morgan fingerprint density at radius 1 is 1.38 bits per heavy atom. The largest absolute Gasteiger partial charge is 0.481 e. The van der Waals surface area contributed by atoms with E-state index in [0.717, 1.165) is 11.8 Å². The average molecular weight is 205 g/mol. The topological polar surface area (TPSA) is 66.4 Å². The van der Waals surface area contributed by atoms with E-state index in [0.29, 0.717) is 5.75 Å². The molecule has 2 N–H and O–H groups in total. The summed E-state index contributed by atoms with van der Waals surface area (Å²) in [4.78, 5) is 21.2. The van der Waals surface area contributed by atoms with E-state index in [9.17, 15) is 9.59 Å². The van der Waals surface area contributed by atoms with Crippen LogP contribution in [0.4, 0.5) is 4.79 Å². The minimum absolute atomic E-state index is 0.0161. The van der Waals surface area contributed by atoms with Gasteiger partial charge in [-0.15, -0.1) is 0 Å². The molecule has 0 bridgehead atoms. The zero-order valence-electron chi connectivity index (χ0n) is 8.09. The summed E-state index contributed by atoms with van der Waals surface area (Å²) in [6, 6.07) is 0. The lowest BCUT2D eigenvalue weighted by Crippen LogP contribution is -2.38. The number of thioether (sulfide) groups is 1. The van der Waals surface area contributed by atoms with Gasteiger partial charge in [-0.05, 0) is 20.8 Å². The van der Waals surface area contributed by atoms with Crippen LogP contribution in [0.1, 0.15) is 27.2 Å². The Hall–Kier alpha value is -0.710. The number of nitrogens with one attached hydrogen (secondary N) is 1. The van der Waals surface area contributed by atoms with Crippen molar-refractivity contribution in [3.63, 3.8) is 0 Å².